The maximum absolute atomic E-state index is 12.9. The molecule has 0 bridgehead atoms. The predicted octanol–water partition coefficient (Wildman–Crippen LogP) is 4.11. The van der Waals surface area contributed by atoms with Crippen LogP contribution in [-0.2, 0) is 9.53 Å². The molecule has 0 saturated carbocycles. The quantitative estimate of drug-likeness (QED) is 0.511. The lowest BCUT2D eigenvalue weighted by Gasteiger charge is -2.12. The van der Waals surface area contributed by atoms with Crippen LogP contribution in [0.4, 0.5) is 5.69 Å². The fraction of sp³-hybridized carbons (Fsp3) is 0.227. The van der Waals surface area contributed by atoms with Crippen LogP contribution < -0.4 is 9.47 Å². The summed E-state index contributed by atoms with van der Waals surface area (Å²) in [5.41, 5.74) is 1.69. The van der Waals surface area contributed by atoms with Crippen molar-refractivity contribution < 1.29 is 23.8 Å². The van der Waals surface area contributed by atoms with Crippen molar-refractivity contribution in [2.75, 3.05) is 27.9 Å². The first-order valence-electron chi connectivity index (χ1n) is 9.21. The Hall–Kier alpha value is -3.26. The standard InChI is InChI=1S/C22H22N2O5S/c1-5-24-20(25)19(13-15-12-17(27-2)9-10-18(15)28-3)30-22(24)23-16-8-6-7-14(11-16)21(26)29-4/h6-13H,5H2,1-4H3. The number of amides is 1. The molecule has 1 fully saturated rings. The van der Waals surface area contributed by atoms with Gasteiger partial charge in [-0.2, -0.15) is 0 Å². The lowest BCUT2D eigenvalue weighted by molar-refractivity contribution is -0.122. The van der Waals surface area contributed by atoms with E-state index in [0.717, 1.165) is 5.56 Å². The molecule has 0 aliphatic carbocycles. The molecule has 0 aromatic heterocycles. The second-order valence-corrected chi connectivity index (χ2v) is 7.21. The summed E-state index contributed by atoms with van der Waals surface area (Å²) in [6.45, 7) is 2.35. The summed E-state index contributed by atoms with van der Waals surface area (Å²) in [4.78, 5) is 31.4. The Morgan fingerprint density at radius 1 is 1.13 bits per heavy atom. The highest BCUT2D eigenvalue weighted by Crippen LogP contribution is 2.36. The van der Waals surface area contributed by atoms with E-state index in [1.54, 1.807) is 61.6 Å². The summed E-state index contributed by atoms with van der Waals surface area (Å²) < 4.78 is 15.4. The van der Waals surface area contributed by atoms with Crippen LogP contribution in [0.25, 0.3) is 6.08 Å². The lowest BCUT2D eigenvalue weighted by atomic mass is 10.1. The van der Waals surface area contributed by atoms with Crippen molar-refractivity contribution in [2.24, 2.45) is 4.99 Å². The van der Waals surface area contributed by atoms with Crippen LogP contribution in [0.3, 0.4) is 0 Å². The smallest absolute Gasteiger partial charge is 0.337 e. The van der Waals surface area contributed by atoms with Gasteiger partial charge in [-0.3, -0.25) is 9.69 Å². The zero-order valence-corrected chi connectivity index (χ0v) is 18.0. The third-order valence-electron chi connectivity index (χ3n) is 4.42. The van der Waals surface area contributed by atoms with Crippen molar-refractivity contribution in [3.8, 4) is 11.5 Å². The van der Waals surface area contributed by atoms with Crippen molar-refractivity contribution in [1.82, 2.24) is 4.90 Å². The molecule has 0 N–H and O–H groups in total. The summed E-state index contributed by atoms with van der Waals surface area (Å²) in [6.07, 6.45) is 1.77. The van der Waals surface area contributed by atoms with Gasteiger partial charge < -0.3 is 14.2 Å². The normalized spacial score (nSPS) is 16.3. The predicted molar refractivity (Wildman–Crippen MR) is 117 cm³/mol. The number of likely N-dealkylation sites (N-methyl/N-ethyl adjacent to an activating group) is 1. The molecule has 1 saturated heterocycles. The Balaban J connectivity index is 1.97. The molecule has 0 spiro atoms. The molecule has 8 heteroatoms. The van der Waals surface area contributed by atoms with Crippen LogP contribution >= 0.6 is 11.8 Å². The summed E-state index contributed by atoms with van der Waals surface area (Å²) in [7, 11) is 4.49. The molecule has 1 amide bonds. The number of rotatable bonds is 6. The topological polar surface area (TPSA) is 77.4 Å². The maximum atomic E-state index is 12.9. The van der Waals surface area contributed by atoms with Crippen LogP contribution in [0.15, 0.2) is 52.4 Å². The van der Waals surface area contributed by atoms with Gasteiger partial charge in [-0.25, -0.2) is 9.79 Å². The van der Waals surface area contributed by atoms with Gasteiger partial charge in [-0.05, 0) is 61.2 Å². The second kappa shape index (κ2) is 9.49. The SMILES string of the molecule is CCN1C(=O)C(=Cc2cc(OC)ccc2OC)SC1=Nc1cccc(C(=O)OC)c1. The van der Waals surface area contributed by atoms with E-state index in [2.05, 4.69) is 4.99 Å². The average molecular weight is 426 g/mol. The van der Waals surface area contributed by atoms with Crippen molar-refractivity contribution in [3.05, 3.63) is 58.5 Å². The Morgan fingerprint density at radius 2 is 1.93 bits per heavy atom. The van der Waals surface area contributed by atoms with Gasteiger partial charge in [0.1, 0.15) is 11.5 Å². The van der Waals surface area contributed by atoms with Gasteiger partial charge >= 0.3 is 5.97 Å². The van der Waals surface area contributed by atoms with Crippen LogP contribution in [0.2, 0.25) is 0 Å². The fourth-order valence-corrected chi connectivity index (χ4v) is 3.95. The van der Waals surface area contributed by atoms with Crippen molar-refractivity contribution >= 4 is 40.6 Å². The number of carbonyl (C=O) groups is 2. The third-order valence-corrected chi connectivity index (χ3v) is 5.43. The number of hydrogen-bond acceptors (Lipinski definition) is 7. The Kier molecular flexibility index (Phi) is 6.79. The van der Waals surface area contributed by atoms with Crippen LogP contribution in [0.5, 0.6) is 11.5 Å². The van der Waals surface area contributed by atoms with E-state index >= 15 is 0 Å². The minimum Gasteiger partial charge on any atom is -0.497 e. The van der Waals surface area contributed by atoms with Crippen LogP contribution in [0, 0.1) is 0 Å². The summed E-state index contributed by atoms with van der Waals surface area (Å²) in [5, 5.41) is 0.539. The molecule has 1 aliphatic heterocycles. The fourth-order valence-electron chi connectivity index (χ4n) is 2.89. The number of nitrogens with zero attached hydrogens (tertiary/aromatic N) is 2. The molecule has 0 radical (unpaired) electrons. The average Bonchev–Trinajstić information content (AvgIpc) is 3.06. The summed E-state index contributed by atoms with van der Waals surface area (Å²) in [5.74, 6) is 0.718. The molecule has 1 aliphatic rings. The highest BCUT2D eigenvalue weighted by molar-refractivity contribution is 8.18. The highest BCUT2D eigenvalue weighted by Gasteiger charge is 2.32. The number of aliphatic imine (C=N–C) groups is 1. The zero-order valence-electron chi connectivity index (χ0n) is 17.2. The second-order valence-electron chi connectivity index (χ2n) is 6.20. The summed E-state index contributed by atoms with van der Waals surface area (Å²) >= 11 is 1.27. The molecule has 2 aromatic carbocycles. The van der Waals surface area contributed by atoms with E-state index in [4.69, 9.17) is 14.2 Å². The van der Waals surface area contributed by atoms with Gasteiger partial charge in [0.05, 0.1) is 37.5 Å². The van der Waals surface area contributed by atoms with Crippen LogP contribution in [-0.4, -0.2) is 49.8 Å². The first kappa shape index (κ1) is 21.4. The van der Waals surface area contributed by atoms with Crippen molar-refractivity contribution in [2.45, 2.75) is 6.92 Å². The first-order valence-corrected chi connectivity index (χ1v) is 10.0. The number of esters is 1. The van der Waals surface area contributed by atoms with Gasteiger partial charge in [-0.15, -0.1) is 0 Å². The molecule has 30 heavy (non-hydrogen) atoms. The minimum atomic E-state index is -0.440. The van der Waals surface area contributed by atoms with Gasteiger partial charge in [0.25, 0.3) is 5.91 Å². The van der Waals surface area contributed by atoms with Crippen molar-refractivity contribution in [3.63, 3.8) is 0 Å². The Morgan fingerprint density at radius 3 is 2.60 bits per heavy atom. The molecular weight excluding hydrogens is 404 g/mol. The number of hydrogen-bond donors (Lipinski definition) is 0. The number of thioether (sulfide) groups is 1. The molecule has 0 unspecified atom stereocenters. The molecule has 1 heterocycles. The molecule has 7 nitrogen and oxygen atoms in total. The number of carbonyl (C=O) groups excluding carboxylic acids is 2. The molecular formula is C22H22N2O5S. The molecule has 2 aromatic rings. The maximum Gasteiger partial charge on any atom is 0.337 e. The van der Waals surface area contributed by atoms with Gasteiger partial charge in [0.15, 0.2) is 5.17 Å². The van der Waals surface area contributed by atoms with E-state index in [-0.39, 0.29) is 5.91 Å². The third kappa shape index (κ3) is 4.49. The van der Waals surface area contributed by atoms with E-state index in [9.17, 15) is 9.59 Å². The van der Waals surface area contributed by atoms with Crippen molar-refractivity contribution in [1.29, 1.82) is 0 Å². The Labute approximate surface area is 179 Å². The molecule has 0 atom stereocenters. The molecule has 156 valence electrons. The highest BCUT2D eigenvalue weighted by atomic mass is 32.2. The van der Waals surface area contributed by atoms with Crippen LogP contribution in [0.1, 0.15) is 22.8 Å². The monoisotopic (exact) mass is 426 g/mol. The van der Waals surface area contributed by atoms with Gasteiger partial charge in [-0.1, -0.05) is 6.07 Å². The van der Waals surface area contributed by atoms with Gasteiger partial charge in [0.2, 0.25) is 0 Å². The number of methoxy groups -OCH3 is 3. The van der Waals surface area contributed by atoms with E-state index in [0.29, 0.717) is 39.4 Å². The number of ether oxygens (including phenoxy) is 3. The van der Waals surface area contributed by atoms with E-state index in [1.807, 2.05) is 13.0 Å². The largest absolute Gasteiger partial charge is 0.497 e. The number of benzene rings is 2. The molecule has 3 rings (SSSR count). The van der Waals surface area contributed by atoms with Gasteiger partial charge in [0, 0.05) is 12.1 Å². The number of amidine groups is 1. The van der Waals surface area contributed by atoms with E-state index in [1.165, 1.54) is 18.9 Å². The van der Waals surface area contributed by atoms with E-state index < -0.39 is 5.97 Å². The lowest BCUT2D eigenvalue weighted by Crippen LogP contribution is -2.28. The Bertz CT molecular complexity index is 1030. The summed E-state index contributed by atoms with van der Waals surface area (Å²) in [6, 6.07) is 12.2. The zero-order chi connectivity index (χ0) is 21.7. The minimum absolute atomic E-state index is 0.143. The first-order chi connectivity index (χ1) is 14.5.